The minimum absolute atomic E-state index is 0.221. The van der Waals surface area contributed by atoms with E-state index in [4.69, 9.17) is 4.74 Å². The van der Waals surface area contributed by atoms with E-state index in [-0.39, 0.29) is 6.04 Å². The molecule has 0 aromatic heterocycles. The van der Waals surface area contributed by atoms with Crippen LogP contribution in [0.25, 0.3) is 0 Å². The Hall–Kier alpha value is -2.10. The van der Waals surface area contributed by atoms with Crippen molar-refractivity contribution in [3.05, 3.63) is 58.7 Å². The zero-order chi connectivity index (χ0) is 15.6. The highest BCUT2D eigenvalue weighted by Crippen LogP contribution is 2.31. The number of rotatable bonds is 4. The van der Waals surface area contributed by atoms with E-state index in [0.717, 1.165) is 28.6 Å². The number of aryl methyl sites for hydroxylation is 1. The molecular weight excluding hydrogens is 272 g/mol. The van der Waals surface area contributed by atoms with E-state index in [9.17, 15) is 8.78 Å². The van der Waals surface area contributed by atoms with Crippen LogP contribution in [0.15, 0.2) is 30.3 Å². The molecule has 0 aliphatic heterocycles. The molecule has 0 spiro atoms. The summed E-state index contributed by atoms with van der Waals surface area (Å²) in [7, 11) is 1.63. The summed E-state index contributed by atoms with van der Waals surface area (Å²) >= 11 is 0. The van der Waals surface area contributed by atoms with Gasteiger partial charge in [-0.05, 0) is 50.1 Å². The Balaban J connectivity index is 2.29. The summed E-state index contributed by atoms with van der Waals surface area (Å²) in [6.45, 7) is 5.79. The molecule has 0 heterocycles. The topological polar surface area (TPSA) is 21.3 Å². The molecule has 0 aliphatic rings. The summed E-state index contributed by atoms with van der Waals surface area (Å²) in [6.07, 6.45) is 0. The van der Waals surface area contributed by atoms with E-state index in [1.54, 1.807) is 7.11 Å². The van der Waals surface area contributed by atoms with Crippen LogP contribution in [-0.4, -0.2) is 7.11 Å². The number of hydrogen-bond donors (Lipinski definition) is 1. The summed E-state index contributed by atoms with van der Waals surface area (Å²) < 4.78 is 32.0. The Morgan fingerprint density at radius 1 is 1.05 bits per heavy atom. The van der Waals surface area contributed by atoms with Gasteiger partial charge in [-0.1, -0.05) is 6.07 Å². The summed E-state index contributed by atoms with van der Waals surface area (Å²) in [5.74, 6) is -0.327. The van der Waals surface area contributed by atoms with Gasteiger partial charge in [0, 0.05) is 23.4 Å². The zero-order valence-electron chi connectivity index (χ0n) is 12.6. The van der Waals surface area contributed by atoms with Gasteiger partial charge < -0.3 is 10.1 Å². The lowest BCUT2D eigenvalue weighted by molar-refractivity contribution is 0.409. The highest BCUT2D eigenvalue weighted by Gasteiger charge is 2.12. The van der Waals surface area contributed by atoms with Gasteiger partial charge in [-0.2, -0.15) is 0 Å². The molecule has 0 aliphatic carbocycles. The van der Waals surface area contributed by atoms with Crippen molar-refractivity contribution in [2.45, 2.75) is 26.8 Å². The fraction of sp³-hybridized carbons (Fsp3) is 0.294. The van der Waals surface area contributed by atoms with Gasteiger partial charge in [0.1, 0.15) is 17.4 Å². The van der Waals surface area contributed by atoms with Crippen LogP contribution in [-0.2, 0) is 0 Å². The lowest BCUT2D eigenvalue weighted by atomic mass is 10.0. The van der Waals surface area contributed by atoms with E-state index in [1.807, 2.05) is 32.9 Å². The smallest absolute Gasteiger partial charge is 0.126 e. The molecule has 1 unspecified atom stereocenters. The average molecular weight is 291 g/mol. The highest BCUT2D eigenvalue weighted by atomic mass is 19.1. The van der Waals surface area contributed by atoms with Gasteiger partial charge in [0.25, 0.3) is 0 Å². The first kappa shape index (κ1) is 15.3. The predicted molar refractivity (Wildman–Crippen MR) is 80.9 cm³/mol. The van der Waals surface area contributed by atoms with Gasteiger partial charge in [-0.3, -0.25) is 0 Å². The molecule has 4 heteroatoms. The van der Waals surface area contributed by atoms with Gasteiger partial charge in [0.05, 0.1) is 7.11 Å². The predicted octanol–water partition coefficient (Wildman–Crippen LogP) is 4.76. The van der Waals surface area contributed by atoms with E-state index in [2.05, 4.69) is 5.32 Å². The molecule has 2 aromatic rings. The Morgan fingerprint density at radius 3 is 2.24 bits per heavy atom. The first-order valence-electron chi connectivity index (χ1n) is 6.79. The van der Waals surface area contributed by atoms with Crippen LogP contribution in [0.4, 0.5) is 14.5 Å². The van der Waals surface area contributed by atoms with Crippen LogP contribution < -0.4 is 10.1 Å². The fourth-order valence-electron chi connectivity index (χ4n) is 2.44. The van der Waals surface area contributed by atoms with E-state index in [0.29, 0.717) is 5.56 Å². The average Bonchev–Trinajstić information content (AvgIpc) is 2.41. The molecule has 0 bridgehead atoms. The third-order valence-electron chi connectivity index (χ3n) is 3.56. The lowest BCUT2D eigenvalue weighted by Gasteiger charge is -2.20. The summed E-state index contributed by atoms with van der Waals surface area (Å²) in [5.41, 5.74) is 3.47. The monoisotopic (exact) mass is 291 g/mol. The van der Waals surface area contributed by atoms with Crippen molar-refractivity contribution in [3.8, 4) is 5.75 Å². The first-order valence-corrected chi connectivity index (χ1v) is 6.79. The molecule has 0 amide bonds. The minimum Gasteiger partial charge on any atom is -0.496 e. The Kier molecular flexibility index (Phi) is 4.46. The van der Waals surface area contributed by atoms with E-state index in [1.165, 1.54) is 12.1 Å². The first-order chi connectivity index (χ1) is 9.92. The van der Waals surface area contributed by atoms with Crippen LogP contribution in [0.1, 0.15) is 29.7 Å². The standard InChI is InChI=1S/C17H19F2NO/c1-10-5-6-16(11(2)17(10)21-4)20-12(3)13-7-14(18)9-15(19)8-13/h5-9,12,20H,1-4H3. The largest absolute Gasteiger partial charge is 0.496 e. The second-order valence-electron chi connectivity index (χ2n) is 5.16. The number of hydrogen-bond acceptors (Lipinski definition) is 2. The molecule has 112 valence electrons. The fourth-order valence-corrected chi connectivity index (χ4v) is 2.44. The van der Waals surface area contributed by atoms with Gasteiger partial charge in [-0.15, -0.1) is 0 Å². The molecule has 0 radical (unpaired) electrons. The normalized spacial score (nSPS) is 12.1. The molecule has 1 N–H and O–H groups in total. The van der Waals surface area contributed by atoms with E-state index >= 15 is 0 Å². The third-order valence-corrected chi connectivity index (χ3v) is 3.56. The Labute approximate surface area is 123 Å². The highest BCUT2D eigenvalue weighted by molar-refractivity contribution is 5.60. The zero-order valence-corrected chi connectivity index (χ0v) is 12.6. The van der Waals surface area contributed by atoms with Gasteiger partial charge in [0.2, 0.25) is 0 Å². The molecular formula is C17H19F2NO. The van der Waals surface area contributed by atoms with Gasteiger partial charge >= 0.3 is 0 Å². The summed E-state index contributed by atoms with van der Waals surface area (Å²) in [5, 5.41) is 3.27. The third kappa shape index (κ3) is 3.32. The number of benzene rings is 2. The summed E-state index contributed by atoms with van der Waals surface area (Å²) in [4.78, 5) is 0. The van der Waals surface area contributed by atoms with Crippen molar-refractivity contribution >= 4 is 5.69 Å². The van der Waals surface area contributed by atoms with Crippen molar-refractivity contribution in [3.63, 3.8) is 0 Å². The Morgan fingerprint density at radius 2 is 1.67 bits per heavy atom. The van der Waals surface area contributed by atoms with E-state index < -0.39 is 11.6 Å². The van der Waals surface area contributed by atoms with Crippen molar-refractivity contribution in [2.24, 2.45) is 0 Å². The van der Waals surface area contributed by atoms with Gasteiger partial charge in [-0.25, -0.2) is 8.78 Å². The molecule has 2 aromatic carbocycles. The number of anilines is 1. The second-order valence-corrected chi connectivity index (χ2v) is 5.16. The quantitative estimate of drug-likeness (QED) is 0.876. The Bertz CT molecular complexity index is 635. The molecule has 2 nitrogen and oxygen atoms in total. The SMILES string of the molecule is COc1c(C)ccc(NC(C)c2cc(F)cc(F)c2)c1C. The van der Waals surface area contributed by atoms with Crippen LogP contribution in [0.3, 0.4) is 0 Å². The minimum atomic E-state index is -0.572. The van der Waals surface area contributed by atoms with Crippen molar-refractivity contribution in [1.82, 2.24) is 0 Å². The van der Waals surface area contributed by atoms with Crippen LogP contribution in [0, 0.1) is 25.5 Å². The van der Waals surface area contributed by atoms with Crippen LogP contribution in [0.2, 0.25) is 0 Å². The molecule has 0 fully saturated rings. The number of nitrogens with one attached hydrogen (secondary N) is 1. The maximum Gasteiger partial charge on any atom is 0.126 e. The van der Waals surface area contributed by atoms with Gasteiger partial charge in [0.15, 0.2) is 0 Å². The lowest BCUT2D eigenvalue weighted by Crippen LogP contribution is -2.09. The number of halogens is 2. The molecule has 1 atom stereocenters. The molecule has 21 heavy (non-hydrogen) atoms. The number of ether oxygens (including phenoxy) is 1. The molecule has 0 saturated carbocycles. The summed E-state index contributed by atoms with van der Waals surface area (Å²) in [6, 6.07) is 7.22. The molecule has 2 rings (SSSR count). The van der Waals surface area contributed by atoms with Crippen molar-refractivity contribution < 1.29 is 13.5 Å². The second kappa shape index (κ2) is 6.12. The van der Waals surface area contributed by atoms with Crippen LogP contribution >= 0.6 is 0 Å². The van der Waals surface area contributed by atoms with Crippen molar-refractivity contribution in [1.29, 1.82) is 0 Å². The van der Waals surface area contributed by atoms with Crippen molar-refractivity contribution in [2.75, 3.05) is 12.4 Å². The maximum atomic E-state index is 13.3. The van der Waals surface area contributed by atoms with Crippen LogP contribution in [0.5, 0.6) is 5.75 Å². The molecule has 0 saturated heterocycles. The maximum absolute atomic E-state index is 13.3. The number of methoxy groups -OCH3 is 1.